The highest BCUT2D eigenvalue weighted by atomic mass is 16.5. The number of anilines is 1. The lowest BCUT2D eigenvalue weighted by molar-refractivity contribution is 0.417. The Bertz CT molecular complexity index is 307. The molecule has 0 saturated heterocycles. The smallest absolute Gasteiger partial charge is 0.142 e. The first-order valence-corrected chi connectivity index (χ1v) is 3.65. The maximum absolute atomic E-state index is 7.41. The summed E-state index contributed by atoms with van der Waals surface area (Å²) in [7, 11) is 1.56. The zero-order valence-corrected chi connectivity index (χ0v) is 7.22. The molecule has 0 aliphatic carbocycles. The molecule has 3 heteroatoms. The molecule has 1 aromatic rings. The Hall–Kier alpha value is -1.51. The standard InChI is InChI=1S/C9H12N2O/c1-6(10)7-4-3-5-8(12-2)9(7)11/h3-5,10H,11H2,1-2H3. The van der Waals surface area contributed by atoms with Gasteiger partial charge in [-0.2, -0.15) is 0 Å². The molecular weight excluding hydrogens is 152 g/mol. The van der Waals surface area contributed by atoms with E-state index in [-0.39, 0.29) is 0 Å². The minimum Gasteiger partial charge on any atom is -0.495 e. The molecule has 12 heavy (non-hydrogen) atoms. The van der Waals surface area contributed by atoms with Crippen LogP contribution in [0.5, 0.6) is 5.75 Å². The minimum absolute atomic E-state index is 0.450. The lowest BCUT2D eigenvalue weighted by atomic mass is 10.1. The van der Waals surface area contributed by atoms with E-state index < -0.39 is 0 Å². The van der Waals surface area contributed by atoms with Gasteiger partial charge < -0.3 is 15.9 Å². The molecule has 0 aliphatic rings. The van der Waals surface area contributed by atoms with Crippen LogP contribution >= 0.6 is 0 Å². The van der Waals surface area contributed by atoms with Gasteiger partial charge in [-0.15, -0.1) is 0 Å². The van der Waals surface area contributed by atoms with Crippen molar-refractivity contribution in [2.45, 2.75) is 6.92 Å². The lowest BCUT2D eigenvalue weighted by Gasteiger charge is -2.07. The summed E-state index contributed by atoms with van der Waals surface area (Å²) in [6.45, 7) is 1.70. The number of para-hydroxylation sites is 1. The Morgan fingerprint density at radius 2 is 2.17 bits per heavy atom. The van der Waals surface area contributed by atoms with E-state index in [0.29, 0.717) is 17.1 Å². The van der Waals surface area contributed by atoms with Gasteiger partial charge in [0.25, 0.3) is 0 Å². The molecule has 64 valence electrons. The highest BCUT2D eigenvalue weighted by Crippen LogP contribution is 2.24. The van der Waals surface area contributed by atoms with Crippen molar-refractivity contribution in [3.05, 3.63) is 23.8 Å². The molecule has 0 aromatic heterocycles. The number of nitrogens with one attached hydrogen (secondary N) is 1. The van der Waals surface area contributed by atoms with Crippen molar-refractivity contribution in [1.82, 2.24) is 0 Å². The van der Waals surface area contributed by atoms with Gasteiger partial charge in [0.05, 0.1) is 12.8 Å². The van der Waals surface area contributed by atoms with Crippen molar-refractivity contribution >= 4 is 11.4 Å². The van der Waals surface area contributed by atoms with Gasteiger partial charge in [0, 0.05) is 11.3 Å². The van der Waals surface area contributed by atoms with Crippen molar-refractivity contribution in [2.75, 3.05) is 12.8 Å². The number of rotatable bonds is 2. The highest BCUT2D eigenvalue weighted by molar-refractivity contribution is 6.01. The first-order valence-electron chi connectivity index (χ1n) is 3.65. The highest BCUT2D eigenvalue weighted by Gasteiger charge is 2.05. The topological polar surface area (TPSA) is 59.1 Å². The van der Waals surface area contributed by atoms with E-state index in [2.05, 4.69) is 0 Å². The monoisotopic (exact) mass is 164 g/mol. The largest absolute Gasteiger partial charge is 0.495 e. The maximum atomic E-state index is 7.41. The summed E-state index contributed by atoms with van der Waals surface area (Å²) in [5, 5.41) is 7.41. The van der Waals surface area contributed by atoms with Crippen LogP contribution in [0.3, 0.4) is 0 Å². The SMILES string of the molecule is COc1cccc(C(C)=N)c1N. The minimum atomic E-state index is 0.450. The molecule has 0 fully saturated rings. The van der Waals surface area contributed by atoms with Gasteiger partial charge in [0.1, 0.15) is 5.75 Å². The number of benzene rings is 1. The normalized spacial score (nSPS) is 9.50. The lowest BCUT2D eigenvalue weighted by Crippen LogP contribution is -2.01. The van der Waals surface area contributed by atoms with Crippen LogP contribution in [0.1, 0.15) is 12.5 Å². The Morgan fingerprint density at radius 1 is 1.50 bits per heavy atom. The second-order valence-electron chi connectivity index (χ2n) is 2.55. The summed E-state index contributed by atoms with van der Waals surface area (Å²) in [6.07, 6.45) is 0. The molecule has 3 N–H and O–H groups in total. The fraction of sp³-hybridized carbons (Fsp3) is 0.222. The zero-order chi connectivity index (χ0) is 9.14. The average Bonchev–Trinajstić information content (AvgIpc) is 2.04. The Kier molecular flexibility index (Phi) is 2.33. The Balaban J connectivity index is 3.23. The van der Waals surface area contributed by atoms with Crippen molar-refractivity contribution in [3.63, 3.8) is 0 Å². The van der Waals surface area contributed by atoms with Crippen LogP contribution in [-0.4, -0.2) is 12.8 Å². The molecule has 1 rings (SSSR count). The molecule has 0 amide bonds. The number of ether oxygens (including phenoxy) is 1. The first-order chi connectivity index (χ1) is 5.66. The molecule has 0 atom stereocenters. The van der Waals surface area contributed by atoms with E-state index in [9.17, 15) is 0 Å². The van der Waals surface area contributed by atoms with E-state index in [0.717, 1.165) is 5.56 Å². The molecule has 3 nitrogen and oxygen atoms in total. The van der Waals surface area contributed by atoms with Crippen molar-refractivity contribution in [3.8, 4) is 5.75 Å². The number of hydrogen-bond donors (Lipinski definition) is 2. The van der Waals surface area contributed by atoms with E-state index in [1.807, 2.05) is 6.07 Å². The third-order valence-electron chi connectivity index (χ3n) is 1.69. The number of methoxy groups -OCH3 is 1. The molecule has 0 spiro atoms. The maximum Gasteiger partial charge on any atom is 0.142 e. The van der Waals surface area contributed by atoms with Gasteiger partial charge in [0.15, 0.2) is 0 Å². The summed E-state index contributed by atoms with van der Waals surface area (Å²) < 4.78 is 5.01. The fourth-order valence-electron chi connectivity index (χ4n) is 1.05. The van der Waals surface area contributed by atoms with E-state index in [4.69, 9.17) is 15.9 Å². The van der Waals surface area contributed by atoms with E-state index in [1.165, 1.54) is 0 Å². The summed E-state index contributed by atoms with van der Waals surface area (Å²) in [6, 6.07) is 5.41. The zero-order valence-electron chi connectivity index (χ0n) is 7.22. The second-order valence-corrected chi connectivity index (χ2v) is 2.55. The number of nitrogens with two attached hydrogens (primary N) is 1. The van der Waals surface area contributed by atoms with Crippen LogP contribution in [0.25, 0.3) is 0 Å². The molecule has 0 saturated carbocycles. The van der Waals surface area contributed by atoms with Gasteiger partial charge >= 0.3 is 0 Å². The van der Waals surface area contributed by atoms with Crippen molar-refractivity contribution in [2.24, 2.45) is 0 Å². The molecule has 0 heterocycles. The summed E-state index contributed by atoms with van der Waals surface area (Å²) in [4.78, 5) is 0. The number of hydrogen-bond acceptors (Lipinski definition) is 3. The molecule has 0 bridgehead atoms. The van der Waals surface area contributed by atoms with Gasteiger partial charge in [-0.3, -0.25) is 0 Å². The van der Waals surface area contributed by atoms with Gasteiger partial charge in [-0.25, -0.2) is 0 Å². The predicted molar refractivity (Wildman–Crippen MR) is 49.9 cm³/mol. The van der Waals surface area contributed by atoms with E-state index >= 15 is 0 Å². The van der Waals surface area contributed by atoms with Gasteiger partial charge in [0.2, 0.25) is 0 Å². The van der Waals surface area contributed by atoms with Crippen LogP contribution < -0.4 is 10.5 Å². The molecule has 1 aromatic carbocycles. The Labute approximate surface area is 71.7 Å². The second kappa shape index (κ2) is 3.26. The van der Waals surface area contributed by atoms with Crippen LogP contribution in [0.15, 0.2) is 18.2 Å². The van der Waals surface area contributed by atoms with Crippen LogP contribution in [0.2, 0.25) is 0 Å². The summed E-state index contributed by atoms with van der Waals surface area (Å²) in [5.41, 5.74) is 7.44. The molecule has 0 radical (unpaired) electrons. The molecule has 0 unspecified atom stereocenters. The van der Waals surface area contributed by atoms with Crippen LogP contribution in [-0.2, 0) is 0 Å². The average molecular weight is 164 g/mol. The van der Waals surface area contributed by atoms with Gasteiger partial charge in [-0.1, -0.05) is 12.1 Å². The molecule has 0 aliphatic heterocycles. The Morgan fingerprint density at radius 3 is 2.67 bits per heavy atom. The first kappa shape index (κ1) is 8.59. The third-order valence-corrected chi connectivity index (χ3v) is 1.69. The van der Waals surface area contributed by atoms with Crippen molar-refractivity contribution in [1.29, 1.82) is 5.41 Å². The number of nitrogen functional groups attached to an aromatic ring is 1. The molecular formula is C9H12N2O. The third kappa shape index (κ3) is 1.39. The van der Waals surface area contributed by atoms with Gasteiger partial charge in [-0.05, 0) is 13.0 Å². The van der Waals surface area contributed by atoms with Crippen LogP contribution in [0.4, 0.5) is 5.69 Å². The summed E-state index contributed by atoms with van der Waals surface area (Å²) >= 11 is 0. The predicted octanol–water partition coefficient (Wildman–Crippen LogP) is 1.67. The van der Waals surface area contributed by atoms with Crippen LogP contribution in [0, 0.1) is 5.41 Å². The van der Waals surface area contributed by atoms with Crippen molar-refractivity contribution < 1.29 is 4.74 Å². The van der Waals surface area contributed by atoms with E-state index in [1.54, 1.807) is 26.2 Å². The fourth-order valence-corrected chi connectivity index (χ4v) is 1.05. The quantitative estimate of drug-likeness (QED) is 0.516. The summed E-state index contributed by atoms with van der Waals surface area (Å²) in [5.74, 6) is 0.624.